The molecule has 2 rings (SSSR count). The fraction of sp³-hybridized carbons (Fsp3) is 0.375. The molecule has 1 aromatic rings. The molecule has 12 heavy (non-hydrogen) atoms. The number of ketones is 1. The van der Waals surface area contributed by atoms with Crippen LogP contribution < -0.4 is 5.73 Å². The normalized spacial score (nSPS) is 19.2. The van der Waals surface area contributed by atoms with Gasteiger partial charge in [0.1, 0.15) is 0 Å². The Kier molecular flexibility index (Phi) is 1.75. The highest BCUT2D eigenvalue weighted by molar-refractivity contribution is 7.18. The first-order valence-corrected chi connectivity index (χ1v) is 4.90. The monoisotopic (exact) mass is 201 g/mol. The molecular weight excluding hydrogens is 194 g/mol. The Morgan fingerprint density at radius 3 is 2.67 bits per heavy atom. The molecule has 1 heterocycles. The summed E-state index contributed by atoms with van der Waals surface area (Å²) in [6.45, 7) is 0. The Labute approximate surface area is 79.3 Å². The molecule has 1 saturated carbocycles. The molecule has 2 nitrogen and oxygen atoms in total. The maximum absolute atomic E-state index is 11.6. The second kappa shape index (κ2) is 2.55. The van der Waals surface area contributed by atoms with Crippen LogP contribution in [0.4, 0.5) is 0 Å². The van der Waals surface area contributed by atoms with Crippen LogP contribution in [0.25, 0.3) is 0 Å². The van der Waals surface area contributed by atoms with Crippen molar-refractivity contribution in [1.29, 1.82) is 0 Å². The van der Waals surface area contributed by atoms with Crippen molar-refractivity contribution in [3.8, 4) is 0 Å². The first kappa shape index (κ1) is 8.23. The van der Waals surface area contributed by atoms with E-state index in [1.165, 1.54) is 11.3 Å². The number of hydrogen-bond donors (Lipinski definition) is 1. The lowest BCUT2D eigenvalue weighted by atomic mass is 10.1. The van der Waals surface area contributed by atoms with E-state index in [0.29, 0.717) is 9.21 Å². The number of Topliss-reactive ketones (excluding diaryl/α,β-unsaturated/α-hetero) is 1. The molecule has 1 aliphatic rings. The van der Waals surface area contributed by atoms with Crippen LogP contribution in [-0.2, 0) is 0 Å². The minimum atomic E-state index is -0.561. The van der Waals surface area contributed by atoms with Crippen LogP contribution in [0.1, 0.15) is 22.5 Å². The van der Waals surface area contributed by atoms with Gasteiger partial charge in [-0.1, -0.05) is 11.6 Å². The maximum atomic E-state index is 11.6. The Bertz CT molecular complexity index is 330. The standard InChI is InChI=1S/C8H8ClNOS/c9-6-2-1-5(12-6)7(11)8(10)3-4-8/h1-2H,3-4,10H2. The van der Waals surface area contributed by atoms with Gasteiger partial charge in [0.2, 0.25) is 0 Å². The van der Waals surface area contributed by atoms with Gasteiger partial charge in [-0.2, -0.15) is 0 Å². The van der Waals surface area contributed by atoms with Gasteiger partial charge in [-0.15, -0.1) is 11.3 Å². The summed E-state index contributed by atoms with van der Waals surface area (Å²) in [6, 6.07) is 3.47. The summed E-state index contributed by atoms with van der Waals surface area (Å²) in [6.07, 6.45) is 1.61. The van der Waals surface area contributed by atoms with Gasteiger partial charge in [0, 0.05) is 0 Å². The Morgan fingerprint density at radius 2 is 2.25 bits per heavy atom. The Hall–Kier alpha value is -0.380. The zero-order chi connectivity index (χ0) is 8.77. The molecule has 1 aliphatic carbocycles. The van der Waals surface area contributed by atoms with E-state index in [2.05, 4.69) is 0 Å². The molecule has 0 radical (unpaired) electrons. The van der Waals surface area contributed by atoms with Crippen LogP contribution in [0.3, 0.4) is 0 Å². The summed E-state index contributed by atoms with van der Waals surface area (Å²) in [5.74, 6) is 0.0411. The molecule has 0 spiro atoms. The van der Waals surface area contributed by atoms with Crippen molar-refractivity contribution in [2.24, 2.45) is 5.73 Å². The first-order chi connectivity index (χ1) is 5.62. The molecular formula is C8H8ClNOS. The number of nitrogens with two attached hydrogens (primary N) is 1. The van der Waals surface area contributed by atoms with Crippen molar-refractivity contribution >= 4 is 28.7 Å². The van der Waals surface area contributed by atoms with Gasteiger partial charge >= 0.3 is 0 Å². The molecule has 0 bridgehead atoms. The second-order valence-electron chi connectivity index (χ2n) is 3.09. The van der Waals surface area contributed by atoms with E-state index in [9.17, 15) is 4.79 Å². The Balaban J connectivity index is 2.25. The molecule has 1 aromatic heterocycles. The SMILES string of the molecule is NC1(C(=O)c2ccc(Cl)s2)CC1. The minimum Gasteiger partial charge on any atom is -0.319 e. The van der Waals surface area contributed by atoms with Crippen molar-refractivity contribution in [1.82, 2.24) is 0 Å². The molecule has 0 aliphatic heterocycles. The predicted octanol–water partition coefficient (Wildman–Crippen LogP) is 2.08. The molecule has 0 aromatic carbocycles. The van der Waals surface area contributed by atoms with E-state index in [-0.39, 0.29) is 5.78 Å². The average Bonchev–Trinajstić information content (AvgIpc) is 2.62. The van der Waals surface area contributed by atoms with Gasteiger partial charge in [-0.3, -0.25) is 4.79 Å². The number of carbonyl (C=O) groups is 1. The third kappa shape index (κ3) is 1.28. The highest BCUT2D eigenvalue weighted by atomic mass is 35.5. The lowest BCUT2D eigenvalue weighted by Gasteiger charge is -2.03. The van der Waals surface area contributed by atoms with Crippen molar-refractivity contribution < 1.29 is 4.79 Å². The fourth-order valence-electron chi connectivity index (χ4n) is 1.04. The lowest BCUT2D eigenvalue weighted by molar-refractivity contribution is 0.0953. The van der Waals surface area contributed by atoms with Crippen LogP contribution in [0.5, 0.6) is 0 Å². The van der Waals surface area contributed by atoms with Gasteiger partial charge in [-0.05, 0) is 25.0 Å². The summed E-state index contributed by atoms with van der Waals surface area (Å²) < 4.78 is 0.641. The molecule has 0 amide bonds. The summed E-state index contributed by atoms with van der Waals surface area (Å²) in [7, 11) is 0. The summed E-state index contributed by atoms with van der Waals surface area (Å²) >= 11 is 7.00. The lowest BCUT2D eigenvalue weighted by Crippen LogP contribution is -2.32. The third-order valence-electron chi connectivity index (χ3n) is 2.04. The Morgan fingerprint density at radius 1 is 1.58 bits per heavy atom. The van der Waals surface area contributed by atoms with E-state index < -0.39 is 5.54 Å². The van der Waals surface area contributed by atoms with Crippen molar-refractivity contribution in [3.05, 3.63) is 21.3 Å². The summed E-state index contributed by atoms with van der Waals surface area (Å²) in [4.78, 5) is 12.2. The third-order valence-corrected chi connectivity index (χ3v) is 3.27. The van der Waals surface area contributed by atoms with Gasteiger partial charge in [0.25, 0.3) is 0 Å². The summed E-state index contributed by atoms with van der Waals surface area (Å²) in [5, 5.41) is 0. The largest absolute Gasteiger partial charge is 0.319 e. The maximum Gasteiger partial charge on any atom is 0.192 e. The van der Waals surface area contributed by atoms with Gasteiger partial charge < -0.3 is 5.73 Å². The van der Waals surface area contributed by atoms with E-state index >= 15 is 0 Å². The summed E-state index contributed by atoms with van der Waals surface area (Å²) in [5.41, 5.74) is 5.18. The quantitative estimate of drug-likeness (QED) is 0.745. The van der Waals surface area contributed by atoms with E-state index in [1.54, 1.807) is 12.1 Å². The van der Waals surface area contributed by atoms with Gasteiger partial charge in [0.05, 0.1) is 14.8 Å². The van der Waals surface area contributed by atoms with Crippen molar-refractivity contribution in [3.63, 3.8) is 0 Å². The van der Waals surface area contributed by atoms with Crippen molar-refractivity contribution in [2.45, 2.75) is 18.4 Å². The first-order valence-electron chi connectivity index (χ1n) is 3.71. The number of hydrogen-bond acceptors (Lipinski definition) is 3. The van der Waals surface area contributed by atoms with Crippen LogP contribution in [0.2, 0.25) is 4.34 Å². The topological polar surface area (TPSA) is 43.1 Å². The minimum absolute atomic E-state index is 0.0411. The molecule has 64 valence electrons. The van der Waals surface area contributed by atoms with Crippen LogP contribution >= 0.6 is 22.9 Å². The smallest absolute Gasteiger partial charge is 0.192 e. The number of halogens is 1. The van der Waals surface area contributed by atoms with Gasteiger partial charge in [-0.25, -0.2) is 0 Å². The molecule has 4 heteroatoms. The average molecular weight is 202 g/mol. The molecule has 0 saturated heterocycles. The number of carbonyl (C=O) groups excluding carboxylic acids is 1. The van der Waals surface area contributed by atoms with E-state index in [0.717, 1.165) is 12.8 Å². The van der Waals surface area contributed by atoms with Gasteiger partial charge in [0.15, 0.2) is 5.78 Å². The van der Waals surface area contributed by atoms with Crippen LogP contribution in [0.15, 0.2) is 12.1 Å². The predicted molar refractivity (Wildman–Crippen MR) is 49.8 cm³/mol. The number of rotatable bonds is 2. The zero-order valence-corrected chi connectivity index (χ0v) is 7.91. The van der Waals surface area contributed by atoms with Crippen molar-refractivity contribution in [2.75, 3.05) is 0 Å². The molecule has 1 fully saturated rings. The van der Waals surface area contributed by atoms with Crippen LogP contribution in [-0.4, -0.2) is 11.3 Å². The van der Waals surface area contributed by atoms with E-state index in [4.69, 9.17) is 17.3 Å². The van der Waals surface area contributed by atoms with E-state index in [1.807, 2.05) is 0 Å². The second-order valence-corrected chi connectivity index (χ2v) is 4.80. The molecule has 2 N–H and O–H groups in total. The van der Waals surface area contributed by atoms with Crippen LogP contribution in [0, 0.1) is 0 Å². The highest BCUT2D eigenvalue weighted by Gasteiger charge is 2.46. The highest BCUT2D eigenvalue weighted by Crippen LogP contribution is 2.37. The molecule has 0 unspecified atom stereocenters. The number of thiophene rings is 1. The fourth-order valence-corrected chi connectivity index (χ4v) is 2.13. The molecule has 0 atom stereocenters. The zero-order valence-electron chi connectivity index (χ0n) is 6.34.